The first-order chi connectivity index (χ1) is 9.92. The van der Waals surface area contributed by atoms with Crippen molar-refractivity contribution in [3.63, 3.8) is 0 Å². The fourth-order valence-corrected chi connectivity index (χ4v) is 1.66. The molecule has 0 bridgehead atoms. The number of amides is 1. The molecule has 1 aromatic carbocycles. The second-order valence-corrected chi connectivity index (χ2v) is 4.57. The molecule has 0 spiro atoms. The highest BCUT2D eigenvalue weighted by atomic mass is 19.1. The van der Waals surface area contributed by atoms with Crippen LogP contribution in [-0.4, -0.2) is 30.1 Å². The zero-order chi connectivity index (χ0) is 15.8. The van der Waals surface area contributed by atoms with Crippen molar-refractivity contribution in [3.05, 3.63) is 35.7 Å². The van der Waals surface area contributed by atoms with Crippen LogP contribution < -0.4 is 10.1 Å². The van der Waals surface area contributed by atoms with Crippen molar-refractivity contribution in [2.24, 2.45) is 0 Å². The number of carboxylic acid groups (broad SMARTS) is 1. The molecule has 114 valence electrons. The highest BCUT2D eigenvalue weighted by Gasteiger charge is 2.07. The van der Waals surface area contributed by atoms with E-state index in [-0.39, 0.29) is 24.1 Å². The number of aliphatic carboxylic acids is 1. The monoisotopic (exact) mass is 295 g/mol. The standard InChI is InChI=1S/C15H18FNO4/c1-10(3-8-15(19)20)17-14(18)7-5-11-4-6-13(21-2)12(16)9-11/h4-7,9-10H,3,8H2,1-2H3,(H,17,18)(H,19,20). The van der Waals surface area contributed by atoms with Crippen molar-refractivity contribution in [1.29, 1.82) is 0 Å². The van der Waals surface area contributed by atoms with Gasteiger partial charge in [-0.2, -0.15) is 0 Å². The van der Waals surface area contributed by atoms with Crippen molar-refractivity contribution in [3.8, 4) is 5.75 Å². The third-order valence-electron chi connectivity index (χ3n) is 2.78. The molecule has 0 radical (unpaired) electrons. The third kappa shape index (κ3) is 6.07. The summed E-state index contributed by atoms with van der Waals surface area (Å²) in [5, 5.41) is 11.2. The second-order valence-electron chi connectivity index (χ2n) is 4.57. The number of carboxylic acids is 1. The maximum Gasteiger partial charge on any atom is 0.303 e. The molecule has 1 atom stereocenters. The minimum absolute atomic E-state index is 0.00511. The van der Waals surface area contributed by atoms with E-state index in [2.05, 4.69) is 5.32 Å². The lowest BCUT2D eigenvalue weighted by Gasteiger charge is -2.10. The first kappa shape index (κ1) is 16.7. The Morgan fingerprint density at radius 1 is 1.48 bits per heavy atom. The molecule has 1 amide bonds. The van der Waals surface area contributed by atoms with Gasteiger partial charge in [-0.05, 0) is 37.1 Å². The van der Waals surface area contributed by atoms with Gasteiger partial charge in [0.05, 0.1) is 7.11 Å². The van der Waals surface area contributed by atoms with Crippen LogP contribution in [0.1, 0.15) is 25.3 Å². The van der Waals surface area contributed by atoms with Gasteiger partial charge in [0.15, 0.2) is 11.6 Å². The summed E-state index contributed by atoms with van der Waals surface area (Å²) in [4.78, 5) is 22.0. The lowest BCUT2D eigenvalue weighted by Crippen LogP contribution is -2.31. The van der Waals surface area contributed by atoms with E-state index in [4.69, 9.17) is 9.84 Å². The van der Waals surface area contributed by atoms with Crippen LogP contribution >= 0.6 is 0 Å². The summed E-state index contributed by atoms with van der Waals surface area (Å²) in [6.07, 6.45) is 3.10. The Kier molecular flexibility index (Phi) is 6.39. The summed E-state index contributed by atoms with van der Waals surface area (Å²) < 4.78 is 18.2. The van der Waals surface area contributed by atoms with E-state index in [1.165, 1.54) is 31.4 Å². The Balaban J connectivity index is 2.54. The van der Waals surface area contributed by atoms with Gasteiger partial charge in [0, 0.05) is 18.5 Å². The zero-order valence-corrected chi connectivity index (χ0v) is 11.9. The molecular weight excluding hydrogens is 277 g/mol. The number of ether oxygens (including phenoxy) is 1. The summed E-state index contributed by atoms with van der Waals surface area (Å²) in [5.41, 5.74) is 0.529. The predicted octanol–water partition coefficient (Wildman–Crippen LogP) is 2.22. The van der Waals surface area contributed by atoms with Gasteiger partial charge >= 0.3 is 5.97 Å². The molecule has 0 aliphatic heterocycles. The van der Waals surface area contributed by atoms with Gasteiger partial charge < -0.3 is 15.2 Å². The summed E-state index contributed by atoms with van der Waals surface area (Å²) >= 11 is 0. The fourth-order valence-electron chi connectivity index (χ4n) is 1.66. The summed E-state index contributed by atoms with van der Waals surface area (Å²) in [6, 6.07) is 4.11. The molecular formula is C15H18FNO4. The molecule has 0 aromatic heterocycles. The Labute approximate surface area is 122 Å². The van der Waals surface area contributed by atoms with E-state index in [0.29, 0.717) is 12.0 Å². The third-order valence-corrected chi connectivity index (χ3v) is 2.78. The number of carbonyl (C=O) groups is 2. The van der Waals surface area contributed by atoms with Crippen molar-refractivity contribution in [2.45, 2.75) is 25.8 Å². The predicted molar refractivity (Wildman–Crippen MR) is 76.5 cm³/mol. The Morgan fingerprint density at radius 3 is 2.76 bits per heavy atom. The van der Waals surface area contributed by atoms with Crippen LogP contribution in [0.2, 0.25) is 0 Å². The molecule has 6 heteroatoms. The molecule has 1 aromatic rings. The number of benzene rings is 1. The second kappa shape index (κ2) is 8.04. The van der Waals surface area contributed by atoms with E-state index in [0.717, 1.165) is 0 Å². The molecule has 0 saturated heterocycles. The molecule has 1 rings (SSSR count). The van der Waals surface area contributed by atoms with Crippen LogP contribution in [0.4, 0.5) is 4.39 Å². The van der Waals surface area contributed by atoms with E-state index in [1.807, 2.05) is 0 Å². The smallest absolute Gasteiger partial charge is 0.303 e. The fraction of sp³-hybridized carbons (Fsp3) is 0.333. The van der Waals surface area contributed by atoms with Crippen molar-refractivity contribution >= 4 is 18.0 Å². The largest absolute Gasteiger partial charge is 0.494 e. The Bertz CT molecular complexity index is 542. The van der Waals surface area contributed by atoms with Crippen LogP contribution in [0.25, 0.3) is 6.08 Å². The van der Waals surface area contributed by atoms with Gasteiger partial charge in [-0.3, -0.25) is 9.59 Å². The van der Waals surface area contributed by atoms with Crippen LogP contribution in [0.5, 0.6) is 5.75 Å². The average molecular weight is 295 g/mol. The lowest BCUT2D eigenvalue weighted by atomic mass is 10.1. The number of nitrogens with one attached hydrogen (secondary N) is 1. The minimum atomic E-state index is -0.902. The van der Waals surface area contributed by atoms with E-state index in [1.54, 1.807) is 13.0 Å². The molecule has 2 N–H and O–H groups in total. The maximum atomic E-state index is 13.4. The van der Waals surface area contributed by atoms with Gasteiger partial charge in [-0.25, -0.2) is 4.39 Å². The molecule has 0 aliphatic carbocycles. The summed E-state index contributed by atoms with van der Waals surface area (Å²) in [5.74, 6) is -1.63. The van der Waals surface area contributed by atoms with Gasteiger partial charge in [-0.15, -0.1) is 0 Å². The molecule has 0 aliphatic rings. The topological polar surface area (TPSA) is 75.6 Å². The van der Waals surface area contributed by atoms with Crippen LogP contribution in [0.15, 0.2) is 24.3 Å². The number of methoxy groups -OCH3 is 1. The Hall–Kier alpha value is -2.37. The maximum absolute atomic E-state index is 13.4. The highest BCUT2D eigenvalue weighted by molar-refractivity contribution is 5.91. The number of hydrogen-bond donors (Lipinski definition) is 2. The van der Waals surface area contributed by atoms with Gasteiger partial charge in [-0.1, -0.05) is 6.07 Å². The number of halogens is 1. The number of rotatable bonds is 7. The van der Waals surface area contributed by atoms with Crippen LogP contribution in [0, 0.1) is 5.82 Å². The van der Waals surface area contributed by atoms with Gasteiger partial charge in [0.25, 0.3) is 0 Å². The lowest BCUT2D eigenvalue weighted by molar-refractivity contribution is -0.137. The molecule has 21 heavy (non-hydrogen) atoms. The summed E-state index contributed by atoms with van der Waals surface area (Å²) in [6.45, 7) is 1.72. The molecule has 0 saturated carbocycles. The SMILES string of the molecule is COc1ccc(C=CC(=O)NC(C)CCC(=O)O)cc1F. The molecule has 5 nitrogen and oxygen atoms in total. The van der Waals surface area contributed by atoms with Crippen LogP contribution in [-0.2, 0) is 9.59 Å². The summed E-state index contributed by atoms with van der Waals surface area (Å²) in [7, 11) is 1.37. The minimum Gasteiger partial charge on any atom is -0.494 e. The van der Waals surface area contributed by atoms with Gasteiger partial charge in [0.2, 0.25) is 5.91 Å². The molecule has 1 unspecified atom stereocenters. The average Bonchev–Trinajstić information content (AvgIpc) is 2.43. The molecule has 0 fully saturated rings. The van der Waals surface area contributed by atoms with E-state index >= 15 is 0 Å². The Morgan fingerprint density at radius 2 is 2.19 bits per heavy atom. The quantitative estimate of drug-likeness (QED) is 0.756. The number of hydrogen-bond acceptors (Lipinski definition) is 3. The van der Waals surface area contributed by atoms with Crippen molar-refractivity contribution in [2.75, 3.05) is 7.11 Å². The van der Waals surface area contributed by atoms with E-state index < -0.39 is 11.8 Å². The van der Waals surface area contributed by atoms with Crippen molar-refractivity contribution in [1.82, 2.24) is 5.32 Å². The normalized spacial score (nSPS) is 12.1. The first-order valence-electron chi connectivity index (χ1n) is 6.46. The van der Waals surface area contributed by atoms with Crippen LogP contribution in [0.3, 0.4) is 0 Å². The number of carbonyl (C=O) groups excluding carboxylic acids is 1. The van der Waals surface area contributed by atoms with Crippen molar-refractivity contribution < 1.29 is 23.8 Å². The first-order valence-corrected chi connectivity index (χ1v) is 6.46. The molecule has 0 heterocycles. The highest BCUT2D eigenvalue weighted by Crippen LogP contribution is 2.18. The zero-order valence-electron chi connectivity index (χ0n) is 11.9. The van der Waals surface area contributed by atoms with Gasteiger partial charge in [0.1, 0.15) is 0 Å². The van der Waals surface area contributed by atoms with E-state index in [9.17, 15) is 14.0 Å².